The maximum Gasteiger partial charge on any atom is 0.293 e. The molecule has 80 valence electrons. The lowest BCUT2D eigenvalue weighted by atomic mass is 10.3. The summed E-state index contributed by atoms with van der Waals surface area (Å²) >= 11 is 5.82. The van der Waals surface area contributed by atoms with Crippen LogP contribution < -0.4 is 0 Å². The van der Waals surface area contributed by atoms with Crippen LogP contribution in [0.1, 0.15) is 30.8 Å². The first kappa shape index (κ1) is 10.2. The van der Waals surface area contributed by atoms with Crippen LogP contribution in [0.2, 0.25) is 0 Å². The fraction of sp³-hybridized carbons (Fsp3) is 0.400. The average molecular weight is 227 g/mol. The smallest absolute Gasteiger partial charge is 0.293 e. The number of hydrogen-bond donors (Lipinski definition) is 0. The summed E-state index contributed by atoms with van der Waals surface area (Å²) in [4.78, 5) is 4.12. The molecular formula is C10H11ClN2O2. The summed E-state index contributed by atoms with van der Waals surface area (Å²) in [7, 11) is 0. The summed E-state index contributed by atoms with van der Waals surface area (Å²) in [5.41, 5.74) is 0. The Balaban J connectivity index is 2.28. The van der Waals surface area contributed by atoms with E-state index in [0.717, 1.165) is 12.2 Å². The number of aryl methyl sites for hydroxylation is 1. The Kier molecular flexibility index (Phi) is 2.77. The maximum absolute atomic E-state index is 5.82. The topological polar surface area (TPSA) is 52.1 Å². The van der Waals surface area contributed by atoms with E-state index in [1.165, 1.54) is 0 Å². The normalized spacial score (nSPS) is 13.0. The van der Waals surface area contributed by atoms with Crippen molar-refractivity contribution in [2.45, 2.75) is 25.6 Å². The van der Waals surface area contributed by atoms with Gasteiger partial charge < -0.3 is 8.94 Å². The zero-order valence-electron chi connectivity index (χ0n) is 8.53. The Morgan fingerprint density at radius 2 is 2.27 bits per heavy atom. The minimum atomic E-state index is -0.261. The van der Waals surface area contributed by atoms with Gasteiger partial charge in [0.1, 0.15) is 5.76 Å². The molecule has 0 saturated carbocycles. The number of rotatable bonds is 3. The fourth-order valence-corrected chi connectivity index (χ4v) is 1.27. The summed E-state index contributed by atoms with van der Waals surface area (Å²) < 4.78 is 10.5. The summed E-state index contributed by atoms with van der Waals surface area (Å²) in [6, 6.07) is 3.71. The number of halogens is 1. The van der Waals surface area contributed by atoms with Gasteiger partial charge in [-0.05, 0) is 19.1 Å². The van der Waals surface area contributed by atoms with Crippen LogP contribution in [0, 0.1) is 0 Å². The van der Waals surface area contributed by atoms with Crippen molar-refractivity contribution in [2.24, 2.45) is 0 Å². The second-order valence-corrected chi connectivity index (χ2v) is 3.85. The van der Waals surface area contributed by atoms with Crippen molar-refractivity contribution in [3.8, 4) is 11.7 Å². The van der Waals surface area contributed by atoms with Crippen LogP contribution in [0.25, 0.3) is 11.7 Å². The number of hydrogen-bond acceptors (Lipinski definition) is 4. The highest BCUT2D eigenvalue weighted by atomic mass is 35.5. The van der Waals surface area contributed by atoms with Crippen molar-refractivity contribution in [1.82, 2.24) is 10.1 Å². The Morgan fingerprint density at radius 3 is 2.80 bits per heavy atom. The number of nitrogens with zero attached hydrogens (tertiary/aromatic N) is 2. The molecule has 0 radical (unpaired) electrons. The van der Waals surface area contributed by atoms with E-state index < -0.39 is 0 Å². The van der Waals surface area contributed by atoms with Crippen LogP contribution in [0.15, 0.2) is 21.1 Å². The van der Waals surface area contributed by atoms with Crippen molar-refractivity contribution < 1.29 is 8.94 Å². The molecule has 0 aliphatic rings. The van der Waals surface area contributed by atoms with Crippen molar-refractivity contribution in [2.75, 3.05) is 0 Å². The van der Waals surface area contributed by atoms with E-state index in [-0.39, 0.29) is 5.38 Å². The lowest BCUT2D eigenvalue weighted by Crippen LogP contribution is -1.86. The molecule has 2 heterocycles. The van der Waals surface area contributed by atoms with Crippen LogP contribution in [-0.4, -0.2) is 10.1 Å². The van der Waals surface area contributed by atoms with Crippen molar-refractivity contribution >= 4 is 11.6 Å². The van der Waals surface area contributed by atoms with Gasteiger partial charge in [-0.2, -0.15) is 4.98 Å². The summed E-state index contributed by atoms with van der Waals surface area (Å²) in [5, 5.41) is 3.49. The molecule has 2 aromatic rings. The molecule has 0 spiro atoms. The zero-order valence-corrected chi connectivity index (χ0v) is 9.28. The molecule has 0 aliphatic carbocycles. The van der Waals surface area contributed by atoms with Gasteiger partial charge in [0.2, 0.25) is 0 Å². The highest BCUT2D eigenvalue weighted by Gasteiger charge is 2.15. The van der Waals surface area contributed by atoms with Crippen LogP contribution in [-0.2, 0) is 6.42 Å². The monoisotopic (exact) mass is 226 g/mol. The van der Waals surface area contributed by atoms with Crippen molar-refractivity contribution in [3.63, 3.8) is 0 Å². The number of aromatic nitrogens is 2. The second-order valence-electron chi connectivity index (χ2n) is 3.19. The molecule has 0 fully saturated rings. The second kappa shape index (κ2) is 4.06. The standard InChI is InChI=1S/C10H11ClN2O2/c1-3-7-4-5-8(14-7)10-12-9(6(2)11)13-15-10/h4-6H,3H2,1-2H3. The first-order valence-corrected chi connectivity index (χ1v) is 5.21. The van der Waals surface area contributed by atoms with E-state index in [1.54, 1.807) is 6.92 Å². The van der Waals surface area contributed by atoms with Gasteiger partial charge in [-0.1, -0.05) is 12.1 Å². The minimum absolute atomic E-state index is 0.261. The molecule has 4 nitrogen and oxygen atoms in total. The molecule has 15 heavy (non-hydrogen) atoms. The minimum Gasteiger partial charge on any atom is -0.456 e. The zero-order chi connectivity index (χ0) is 10.8. The molecule has 0 N–H and O–H groups in total. The van der Waals surface area contributed by atoms with Crippen LogP contribution in [0.3, 0.4) is 0 Å². The molecule has 2 rings (SSSR count). The van der Waals surface area contributed by atoms with Crippen molar-refractivity contribution in [3.05, 3.63) is 23.7 Å². The number of furan rings is 1. The largest absolute Gasteiger partial charge is 0.456 e. The van der Waals surface area contributed by atoms with E-state index in [1.807, 2.05) is 19.1 Å². The first-order chi connectivity index (χ1) is 7.20. The Morgan fingerprint density at radius 1 is 1.47 bits per heavy atom. The first-order valence-electron chi connectivity index (χ1n) is 4.77. The van der Waals surface area contributed by atoms with E-state index in [9.17, 15) is 0 Å². The summed E-state index contributed by atoms with van der Waals surface area (Å²) in [6.45, 7) is 3.80. The van der Waals surface area contributed by atoms with E-state index in [0.29, 0.717) is 17.5 Å². The van der Waals surface area contributed by atoms with E-state index in [2.05, 4.69) is 10.1 Å². The van der Waals surface area contributed by atoms with Gasteiger partial charge in [0.05, 0.1) is 5.38 Å². The quantitative estimate of drug-likeness (QED) is 0.755. The van der Waals surface area contributed by atoms with Gasteiger partial charge >= 0.3 is 0 Å². The molecular weight excluding hydrogens is 216 g/mol. The van der Waals surface area contributed by atoms with E-state index in [4.69, 9.17) is 20.5 Å². The van der Waals surface area contributed by atoms with Crippen LogP contribution in [0.4, 0.5) is 0 Å². The molecule has 1 atom stereocenters. The van der Waals surface area contributed by atoms with E-state index >= 15 is 0 Å². The predicted octanol–water partition coefficient (Wildman–Crippen LogP) is 3.19. The van der Waals surface area contributed by atoms with Gasteiger partial charge in [-0.25, -0.2) is 0 Å². The molecule has 0 bridgehead atoms. The SMILES string of the molecule is CCc1ccc(-c2nc(C(C)Cl)no2)o1. The van der Waals surface area contributed by atoms with Crippen LogP contribution >= 0.6 is 11.6 Å². The fourth-order valence-electron chi connectivity index (χ4n) is 1.18. The number of alkyl halides is 1. The Bertz CT molecular complexity index is 448. The lowest BCUT2D eigenvalue weighted by molar-refractivity contribution is 0.405. The highest BCUT2D eigenvalue weighted by molar-refractivity contribution is 6.20. The lowest BCUT2D eigenvalue weighted by Gasteiger charge is -1.89. The maximum atomic E-state index is 5.82. The van der Waals surface area contributed by atoms with Crippen LogP contribution in [0.5, 0.6) is 0 Å². The third kappa shape index (κ3) is 2.04. The summed E-state index contributed by atoms with van der Waals surface area (Å²) in [5.74, 6) is 2.32. The van der Waals surface area contributed by atoms with Gasteiger partial charge in [0.25, 0.3) is 5.89 Å². The molecule has 1 unspecified atom stereocenters. The molecule has 0 aromatic carbocycles. The Labute approximate surface area is 92.2 Å². The third-order valence-corrected chi connectivity index (χ3v) is 2.21. The third-order valence-electron chi connectivity index (χ3n) is 2.02. The van der Waals surface area contributed by atoms with Crippen molar-refractivity contribution in [1.29, 1.82) is 0 Å². The van der Waals surface area contributed by atoms with Gasteiger partial charge in [0.15, 0.2) is 11.6 Å². The molecule has 0 amide bonds. The molecule has 0 saturated heterocycles. The summed E-state index contributed by atoms with van der Waals surface area (Å²) in [6.07, 6.45) is 0.840. The molecule has 5 heteroatoms. The highest BCUT2D eigenvalue weighted by Crippen LogP contribution is 2.23. The van der Waals surface area contributed by atoms with Gasteiger partial charge in [-0.3, -0.25) is 0 Å². The molecule has 0 aliphatic heterocycles. The average Bonchev–Trinajstić information content (AvgIpc) is 2.86. The van der Waals surface area contributed by atoms with Gasteiger partial charge in [-0.15, -0.1) is 11.6 Å². The Hall–Kier alpha value is -1.29. The predicted molar refractivity (Wildman–Crippen MR) is 55.6 cm³/mol. The van der Waals surface area contributed by atoms with Gasteiger partial charge in [0, 0.05) is 6.42 Å². The molecule has 2 aromatic heterocycles.